The molecule has 1 aromatic heterocycles. The predicted molar refractivity (Wildman–Crippen MR) is 166 cm³/mol. The minimum Gasteiger partial charge on any atom is -0.478 e. The Hall–Kier alpha value is -4.77. The third kappa shape index (κ3) is 7.85. The molecule has 2 unspecified atom stereocenters. The van der Waals surface area contributed by atoms with Crippen molar-refractivity contribution in [2.75, 3.05) is 46.5 Å². The third-order valence-electron chi connectivity index (χ3n) is 8.24. The van der Waals surface area contributed by atoms with Crippen LogP contribution >= 0.6 is 0 Å². The SMILES string of the molecule is CCOC(=O)N1CCN(C(=O)[C@H](Cc2ccc(C(=O)O)cc2)NC(=O)c2cc(C3CC3COC)cc(-c3ccccc3)n2)CC1. The number of hydrogen-bond donors (Lipinski definition) is 2. The summed E-state index contributed by atoms with van der Waals surface area (Å²) in [6.07, 6.45) is 0.682. The van der Waals surface area contributed by atoms with Crippen LogP contribution in [0, 0.1) is 5.92 Å². The molecule has 3 atom stereocenters. The van der Waals surface area contributed by atoms with E-state index in [0.29, 0.717) is 36.9 Å². The van der Waals surface area contributed by atoms with E-state index in [-0.39, 0.29) is 49.2 Å². The summed E-state index contributed by atoms with van der Waals surface area (Å²) < 4.78 is 10.5. The van der Waals surface area contributed by atoms with E-state index in [1.54, 1.807) is 42.0 Å². The molecule has 5 rings (SSSR count). The Morgan fingerprint density at radius 3 is 2.31 bits per heavy atom. The summed E-state index contributed by atoms with van der Waals surface area (Å²) >= 11 is 0. The zero-order chi connectivity index (χ0) is 31.9. The number of pyridine rings is 1. The van der Waals surface area contributed by atoms with Gasteiger partial charge in [0.2, 0.25) is 5.91 Å². The first-order chi connectivity index (χ1) is 21.8. The Balaban J connectivity index is 1.40. The van der Waals surface area contributed by atoms with Gasteiger partial charge in [-0.3, -0.25) is 9.59 Å². The normalized spacial score (nSPS) is 18.2. The summed E-state index contributed by atoms with van der Waals surface area (Å²) in [5.74, 6) is -1.21. The lowest BCUT2D eigenvalue weighted by atomic mass is 10.0. The fraction of sp³-hybridized carbons (Fsp3) is 0.382. The summed E-state index contributed by atoms with van der Waals surface area (Å²) in [7, 11) is 1.68. The molecule has 11 nitrogen and oxygen atoms in total. The van der Waals surface area contributed by atoms with Crippen LogP contribution in [0.3, 0.4) is 0 Å². The van der Waals surface area contributed by atoms with Crippen LogP contribution in [-0.4, -0.2) is 96.3 Å². The number of carbonyl (C=O) groups is 4. The lowest BCUT2D eigenvalue weighted by molar-refractivity contribution is -0.134. The molecule has 0 bridgehead atoms. The molecule has 2 fully saturated rings. The summed E-state index contributed by atoms with van der Waals surface area (Å²) in [5.41, 5.74) is 3.57. The molecule has 3 aromatic rings. The number of methoxy groups -OCH3 is 1. The zero-order valence-electron chi connectivity index (χ0n) is 25.5. The number of ether oxygens (including phenoxy) is 2. The Labute approximate surface area is 262 Å². The molecule has 0 spiro atoms. The fourth-order valence-corrected chi connectivity index (χ4v) is 5.69. The summed E-state index contributed by atoms with van der Waals surface area (Å²) in [6, 6.07) is 18.7. The molecule has 3 amide bonds. The van der Waals surface area contributed by atoms with E-state index in [4.69, 9.17) is 14.5 Å². The van der Waals surface area contributed by atoms with Gasteiger partial charge in [-0.1, -0.05) is 42.5 Å². The van der Waals surface area contributed by atoms with Gasteiger partial charge in [-0.15, -0.1) is 0 Å². The molecule has 1 saturated heterocycles. The van der Waals surface area contributed by atoms with Crippen molar-refractivity contribution in [3.63, 3.8) is 0 Å². The maximum atomic E-state index is 13.9. The van der Waals surface area contributed by atoms with E-state index in [9.17, 15) is 24.3 Å². The van der Waals surface area contributed by atoms with Gasteiger partial charge < -0.3 is 29.7 Å². The van der Waals surface area contributed by atoms with E-state index in [0.717, 1.165) is 17.5 Å². The van der Waals surface area contributed by atoms with E-state index in [1.807, 2.05) is 36.4 Å². The number of nitrogens with zero attached hydrogens (tertiary/aromatic N) is 3. The number of amides is 3. The standard InChI is InChI=1S/C34H38N4O7/c1-3-45-34(43)38-15-13-37(14-16-38)32(40)30(17-22-9-11-24(12-10-22)33(41)42)36-31(39)29-20-25(27-18-26(27)21-44-2)19-28(35-29)23-7-5-4-6-8-23/h4-12,19-20,26-27,30H,3,13-18,21H2,1-2H3,(H,36,39)(H,41,42)/t26?,27?,30-/m0/s1. The predicted octanol–water partition coefficient (Wildman–Crippen LogP) is 3.84. The summed E-state index contributed by atoms with van der Waals surface area (Å²) in [6.45, 7) is 3.84. The largest absolute Gasteiger partial charge is 0.478 e. The maximum absolute atomic E-state index is 13.9. The zero-order valence-corrected chi connectivity index (χ0v) is 25.5. The van der Waals surface area contributed by atoms with Crippen molar-refractivity contribution >= 4 is 23.9 Å². The Morgan fingerprint density at radius 2 is 1.67 bits per heavy atom. The lowest BCUT2D eigenvalue weighted by Crippen LogP contribution is -2.56. The van der Waals surface area contributed by atoms with Gasteiger partial charge in [0.05, 0.1) is 17.9 Å². The van der Waals surface area contributed by atoms with E-state index in [1.165, 1.54) is 12.1 Å². The van der Waals surface area contributed by atoms with Crippen molar-refractivity contribution in [2.45, 2.75) is 31.7 Å². The maximum Gasteiger partial charge on any atom is 0.409 e. The van der Waals surface area contributed by atoms with Crippen LogP contribution < -0.4 is 5.32 Å². The number of carbonyl (C=O) groups excluding carboxylic acids is 3. The van der Waals surface area contributed by atoms with Gasteiger partial charge in [0.1, 0.15) is 11.7 Å². The number of carboxylic acid groups (broad SMARTS) is 1. The molecule has 45 heavy (non-hydrogen) atoms. The third-order valence-corrected chi connectivity index (χ3v) is 8.24. The van der Waals surface area contributed by atoms with Crippen molar-refractivity contribution in [1.82, 2.24) is 20.1 Å². The second-order valence-corrected chi connectivity index (χ2v) is 11.3. The van der Waals surface area contributed by atoms with E-state index in [2.05, 4.69) is 5.32 Å². The minimum atomic E-state index is -1.05. The highest BCUT2D eigenvalue weighted by Crippen LogP contribution is 2.48. The fourth-order valence-electron chi connectivity index (χ4n) is 5.69. The van der Waals surface area contributed by atoms with Crippen molar-refractivity contribution in [2.24, 2.45) is 5.92 Å². The van der Waals surface area contributed by atoms with Gasteiger partial charge >= 0.3 is 12.1 Å². The number of rotatable bonds is 11. The minimum absolute atomic E-state index is 0.127. The first-order valence-electron chi connectivity index (χ1n) is 15.2. The molecule has 1 aliphatic carbocycles. The first-order valence-corrected chi connectivity index (χ1v) is 15.2. The van der Waals surface area contributed by atoms with Crippen LogP contribution in [0.4, 0.5) is 4.79 Å². The van der Waals surface area contributed by atoms with Gasteiger partial charge in [0.15, 0.2) is 0 Å². The number of nitrogens with one attached hydrogen (secondary N) is 1. The molecule has 2 aromatic carbocycles. The molecular formula is C34H38N4O7. The Kier molecular flexibility index (Phi) is 10.1. The molecule has 2 heterocycles. The Bertz CT molecular complexity index is 1520. The Morgan fingerprint density at radius 1 is 0.978 bits per heavy atom. The van der Waals surface area contributed by atoms with Gasteiger partial charge in [0.25, 0.3) is 5.91 Å². The van der Waals surface area contributed by atoms with Crippen molar-refractivity contribution < 1.29 is 33.8 Å². The van der Waals surface area contributed by atoms with Crippen molar-refractivity contribution in [3.8, 4) is 11.3 Å². The molecule has 2 aliphatic rings. The highest BCUT2D eigenvalue weighted by Gasteiger charge is 2.39. The van der Waals surface area contributed by atoms with Crippen LogP contribution in [-0.2, 0) is 20.7 Å². The monoisotopic (exact) mass is 614 g/mol. The number of aromatic nitrogens is 1. The van der Waals surface area contributed by atoms with Gasteiger partial charge in [-0.05, 0) is 60.6 Å². The lowest BCUT2D eigenvalue weighted by Gasteiger charge is -2.36. The number of benzene rings is 2. The quantitative estimate of drug-likeness (QED) is 0.332. The highest BCUT2D eigenvalue weighted by molar-refractivity contribution is 5.97. The van der Waals surface area contributed by atoms with E-state index < -0.39 is 24.0 Å². The van der Waals surface area contributed by atoms with Crippen molar-refractivity contribution in [3.05, 3.63) is 89.1 Å². The number of carboxylic acids is 1. The molecular weight excluding hydrogens is 576 g/mol. The number of piperazine rings is 1. The van der Waals surface area contributed by atoms with Crippen LogP contribution in [0.15, 0.2) is 66.7 Å². The average molecular weight is 615 g/mol. The average Bonchev–Trinajstić information content (AvgIpc) is 3.84. The number of aromatic carboxylic acids is 1. The van der Waals surface area contributed by atoms with Crippen LogP contribution in [0.2, 0.25) is 0 Å². The smallest absolute Gasteiger partial charge is 0.409 e. The van der Waals surface area contributed by atoms with Crippen molar-refractivity contribution in [1.29, 1.82) is 0 Å². The highest BCUT2D eigenvalue weighted by atomic mass is 16.6. The molecule has 2 N–H and O–H groups in total. The molecule has 236 valence electrons. The summed E-state index contributed by atoms with van der Waals surface area (Å²) in [4.78, 5) is 59.2. The van der Waals surface area contributed by atoms with Crippen LogP contribution in [0.25, 0.3) is 11.3 Å². The summed E-state index contributed by atoms with van der Waals surface area (Å²) in [5, 5.41) is 12.2. The first kappa shape index (κ1) is 31.6. The van der Waals surface area contributed by atoms with Gasteiger partial charge in [-0.25, -0.2) is 14.6 Å². The molecule has 0 radical (unpaired) electrons. The molecule has 1 saturated carbocycles. The molecule has 11 heteroatoms. The topological polar surface area (TPSA) is 138 Å². The van der Waals surface area contributed by atoms with E-state index >= 15 is 0 Å². The second-order valence-electron chi connectivity index (χ2n) is 11.3. The van der Waals surface area contributed by atoms with Crippen LogP contribution in [0.5, 0.6) is 0 Å². The number of hydrogen-bond acceptors (Lipinski definition) is 7. The van der Waals surface area contributed by atoms with Gasteiger partial charge in [-0.2, -0.15) is 0 Å². The second kappa shape index (κ2) is 14.3. The van der Waals surface area contributed by atoms with Gasteiger partial charge in [0, 0.05) is 51.9 Å². The molecule has 1 aliphatic heterocycles. The van der Waals surface area contributed by atoms with Crippen LogP contribution in [0.1, 0.15) is 51.2 Å².